The van der Waals surface area contributed by atoms with Crippen LogP contribution in [0.3, 0.4) is 0 Å². The summed E-state index contributed by atoms with van der Waals surface area (Å²) in [6.07, 6.45) is 3.51. The molecule has 1 heterocycles. The Balaban J connectivity index is 2.03. The average Bonchev–Trinajstić information content (AvgIpc) is 3.31. The van der Waals surface area contributed by atoms with Crippen molar-refractivity contribution in [1.82, 2.24) is 14.5 Å². The second-order valence-electron chi connectivity index (χ2n) is 6.35. The van der Waals surface area contributed by atoms with Crippen molar-refractivity contribution in [3.63, 3.8) is 0 Å². The van der Waals surface area contributed by atoms with Crippen LogP contribution < -0.4 is 18.9 Å². The Labute approximate surface area is 181 Å². The summed E-state index contributed by atoms with van der Waals surface area (Å²) in [7, 11) is 2.47. The van der Waals surface area contributed by atoms with Gasteiger partial charge < -0.3 is 14.2 Å². The second-order valence-corrected chi connectivity index (χ2v) is 8.40. The summed E-state index contributed by atoms with van der Waals surface area (Å²) in [4.78, 5) is 13.1. The van der Waals surface area contributed by atoms with Crippen LogP contribution in [0.5, 0.6) is 17.2 Å². The molecule has 0 saturated carbocycles. The van der Waals surface area contributed by atoms with Gasteiger partial charge in [-0.2, -0.15) is 5.10 Å². The average molecular weight is 445 g/mol. The number of benzene rings is 2. The van der Waals surface area contributed by atoms with E-state index in [0.717, 1.165) is 5.56 Å². The third-order valence-corrected chi connectivity index (χ3v) is 6.51. The van der Waals surface area contributed by atoms with Gasteiger partial charge in [0.15, 0.2) is 9.92 Å². The largest absolute Gasteiger partial charge is 0.496 e. The maximum Gasteiger partial charge on any atom is 0.286 e. The van der Waals surface area contributed by atoms with Gasteiger partial charge in [-0.1, -0.05) is 12.1 Å². The number of amides is 1. The van der Waals surface area contributed by atoms with Gasteiger partial charge in [0.2, 0.25) is 0 Å². The Morgan fingerprint density at radius 2 is 1.74 bits per heavy atom. The van der Waals surface area contributed by atoms with Crippen LogP contribution in [0.1, 0.15) is 15.9 Å². The maximum absolute atomic E-state index is 13.6. The molecular formula is C21H24N4O5S. The number of carbonyl (C=O) groups excluding carboxylic acids is 1. The first-order chi connectivity index (χ1) is 15.0. The van der Waals surface area contributed by atoms with E-state index in [9.17, 15) is 9.00 Å². The molecule has 1 aromatic heterocycles. The molecule has 31 heavy (non-hydrogen) atoms. The monoisotopic (exact) mass is 444 g/mol. The van der Waals surface area contributed by atoms with Crippen LogP contribution in [-0.4, -0.2) is 48.3 Å². The zero-order valence-electron chi connectivity index (χ0n) is 17.7. The number of nitrogens with one attached hydrogen (secondary N) is 1. The highest BCUT2D eigenvalue weighted by Crippen LogP contribution is 2.34. The summed E-state index contributed by atoms with van der Waals surface area (Å²) >= 11 is 0. The van der Waals surface area contributed by atoms with Gasteiger partial charge >= 0.3 is 0 Å². The predicted octanol–water partition coefficient (Wildman–Crippen LogP) is 2.76. The highest BCUT2D eigenvalue weighted by molar-refractivity contribution is 7.92. The van der Waals surface area contributed by atoms with Crippen LogP contribution in [0, 0.1) is 0 Å². The Morgan fingerprint density at radius 1 is 1.06 bits per heavy atom. The quantitative estimate of drug-likeness (QED) is 0.573. The van der Waals surface area contributed by atoms with Crippen molar-refractivity contribution in [3.05, 3.63) is 66.0 Å². The molecule has 0 aliphatic rings. The molecule has 0 radical (unpaired) electrons. The van der Waals surface area contributed by atoms with Gasteiger partial charge in [-0.25, -0.2) is 8.93 Å². The molecule has 1 N–H and O–H groups in total. The normalized spacial score (nSPS) is 12.6. The first kappa shape index (κ1) is 22.3. The van der Waals surface area contributed by atoms with Crippen molar-refractivity contribution in [2.75, 3.05) is 28.4 Å². The molecule has 1 amide bonds. The van der Waals surface area contributed by atoms with Crippen LogP contribution in [0.15, 0.2) is 64.1 Å². The highest BCUT2D eigenvalue weighted by atomic mass is 32.2. The summed E-state index contributed by atoms with van der Waals surface area (Å²) < 4.78 is 38.1. The summed E-state index contributed by atoms with van der Waals surface area (Å²) in [5.74, 6) is 0.420. The first-order valence-corrected chi connectivity index (χ1v) is 10.8. The molecule has 2 aromatic carbocycles. The lowest BCUT2D eigenvalue weighted by Gasteiger charge is -2.16. The predicted molar refractivity (Wildman–Crippen MR) is 116 cm³/mol. The van der Waals surface area contributed by atoms with E-state index in [1.54, 1.807) is 47.3 Å². The Morgan fingerprint density at radius 3 is 2.29 bits per heavy atom. The van der Waals surface area contributed by atoms with Crippen LogP contribution >= 0.6 is 0 Å². The molecule has 3 aromatic rings. The fourth-order valence-electron chi connectivity index (χ4n) is 3.03. The molecule has 10 heteroatoms. The first-order valence-electron chi connectivity index (χ1n) is 9.31. The third kappa shape index (κ3) is 4.70. The standard InChI is InChI=1S/C21H24N4O5S/c1-22-31(27,20-17(28-2)7-5-8-18(20)29-3)24-21(26)15-9-10-16(19(13-15)30-4)14-25-12-6-11-23-25/h5-13H,14H2,1-4H3,(H,22,24,26,27). The number of rotatable bonds is 8. The van der Waals surface area contributed by atoms with Crippen molar-refractivity contribution in [1.29, 1.82) is 0 Å². The summed E-state index contributed by atoms with van der Waals surface area (Å²) in [5.41, 5.74) is 1.07. The van der Waals surface area contributed by atoms with Gasteiger partial charge in [0.25, 0.3) is 5.91 Å². The number of nitrogens with zero attached hydrogens (tertiary/aromatic N) is 3. The number of hydrogen-bond acceptors (Lipinski definition) is 6. The van der Waals surface area contributed by atoms with Crippen LogP contribution in [-0.2, 0) is 16.5 Å². The van der Waals surface area contributed by atoms with Gasteiger partial charge in [-0.05, 0) is 37.4 Å². The number of methoxy groups -OCH3 is 3. The summed E-state index contributed by atoms with van der Waals surface area (Å²) in [5, 5.41) is 4.18. The van der Waals surface area contributed by atoms with E-state index in [1.165, 1.54) is 28.4 Å². The van der Waals surface area contributed by atoms with E-state index in [1.807, 2.05) is 12.3 Å². The molecular weight excluding hydrogens is 420 g/mol. The molecule has 1 atom stereocenters. The van der Waals surface area contributed by atoms with Gasteiger partial charge in [0, 0.05) is 23.5 Å². The van der Waals surface area contributed by atoms with E-state index < -0.39 is 15.8 Å². The van der Waals surface area contributed by atoms with Crippen LogP contribution in [0.4, 0.5) is 0 Å². The molecule has 3 rings (SSSR count). The van der Waals surface area contributed by atoms with Gasteiger partial charge in [-0.3, -0.25) is 9.48 Å². The van der Waals surface area contributed by atoms with E-state index in [-0.39, 0.29) is 10.5 Å². The van der Waals surface area contributed by atoms with Crippen molar-refractivity contribution < 1.29 is 23.2 Å². The van der Waals surface area contributed by atoms with E-state index in [4.69, 9.17) is 14.2 Å². The molecule has 9 nitrogen and oxygen atoms in total. The Bertz CT molecular complexity index is 1160. The lowest BCUT2D eigenvalue weighted by atomic mass is 10.1. The van der Waals surface area contributed by atoms with E-state index in [0.29, 0.717) is 23.8 Å². The molecule has 0 saturated heterocycles. The van der Waals surface area contributed by atoms with Crippen molar-refractivity contribution in [2.45, 2.75) is 11.4 Å². The Hall–Kier alpha value is -3.37. The Kier molecular flexibility index (Phi) is 6.93. The SMILES string of the molecule is CNS(=O)(=NC(=O)c1ccc(Cn2cccn2)c(OC)c1)c1c(OC)cccc1OC. The van der Waals surface area contributed by atoms with E-state index >= 15 is 0 Å². The third-order valence-electron chi connectivity index (χ3n) is 4.57. The maximum atomic E-state index is 13.6. The fourth-order valence-corrected chi connectivity index (χ4v) is 4.60. The van der Waals surface area contributed by atoms with Crippen molar-refractivity contribution in [3.8, 4) is 17.2 Å². The van der Waals surface area contributed by atoms with E-state index in [2.05, 4.69) is 14.2 Å². The fraction of sp³-hybridized carbons (Fsp3) is 0.238. The van der Waals surface area contributed by atoms with Crippen LogP contribution in [0.2, 0.25) is 0 Å². The minimum Gasteiger partial charge on any atom is -0.496 e. The van der Waals surface area contributed by atoms with Crippen molar-refractivity contribution in [2.24, 2.45) is 4.36 Å². The molecule has 164 valence electrons. The van der Waals surface area contributed by atoms with Crippen LogP contribution in [0.25, 0.3) is 0 Å². The second kappa shape index (κ2) is 9.63. The lowest BCUT2D eigenvalue weighted by Crippen LogP contribution is -2.22. The zero-order chi connectivity index (χ0) is 22.4. The molecule has 0 aliphatic carbocycles. The minimum absolute atomic E-state index is 0.165. The summed E-state index contributed by atoms with van der Waals surface area (Å²) in [6, 6.07) is 11.7. The number of hydrogen-bond donors (Lipinski definition) is 1. The molecule has 0 aliphatic heterocycles. The molecule has 0 bridgehead atoms. The number of ether oxygens (including phenoxy) is 3. The number of aromatic nitrogens is 2. The number of carbonyl (C=O) groups is 1. The smallest absolute Gasteiger partial charge is 0.286 e. The van der Waals surface area contributed by atoms with Gasteiger partial charge in [-0.15, -0.1) is 4.36 Å². The zero-order valence-corrected chi connectivity index (χ0v) is 18.5. The molecule has 0 fully saturated rings. The highest BCUT2D eigenvalue weighted by Gasteiger charge is 2.24. The lowest BCUT2D eigenvalue weighted by molar-refractivity contribution is 0.100. The minimum atomic E-state index is -3.39. The summed E-state index contributed by atoms with van der Waals surface area (Å²) in [6.45, 7) is 0.480. The van der Waals surface area contributed by atoms with Gasteiger partial charge in [0.1, 0.15) is 22.1 Å². The topological polar surface area (TPSA) is 104 Å². The molecule has 0 spiro atoms. The molecule has 1 unspecified atom stereocenters. The van der Waals surface area contributed by atoms with Crippen molar-refractivity contribution >= 4 is 15.8 Å². The van der Waals surface area contributed by atoms with Gasteiger partial charge in [0.05, 0.1) is 27.9 Å².